The molecule has 0 aromatic carbocycles. The molecule has 1 aliphatic carbocycles. The maximum Gasteiger partial charge on any atom is 0.162 e. The van der Waals surface area contributed by atoms with E-state index >= 15 is 0 Å². The average Bonchev–Trinajstić information content (AvgIpc) is 2.13. The topological polar surface area (TPSA) is 17.1 Å². The van der Waals surface area contributed by atoms with Crippen LogP contribution in [0, 0.1) is 11.3 Å². The van der Waals surface area contributed by atoms with Crippen molar-refractivity contribution >= 4 is 5.78 Å². The lowest BCUT2D eigenvalue weighted by atomic mass is 9.67. The third-order valence-electron chi connectivity index (χ3n) is 3.29. The molecule has 0 heterocycles. The van der Waals surface area contributed by atoms with Crippen molar-refractivity contribution in [2.24, 2.45) is 11.3 Å². The summed E-state index contributed by atoms with van der Waals surface area (Å²) in [7, 11) is 0. The first-order valence-electron chi connectivity index (χ1n) is 5.86. The van der Waals surface area contributed by atoms with Crippen LogP contribution in [-0.4, -0.2) is 5.78 Å². The number of carbonyl (C=O) groups is 1. The molecule has 0 saturated heterocycles. The lowest BCUT2D eigenvalue weighted by Gasteiger charge is -2.36. The molecule has 0 saturated carbocycles. The van der Waals surface area contributed by atoms with Gasteiger partial charge in [0.05, 0.1) is 0 Å². The monoisotopic (exact) mass is 206 g/mol. The summed E-state index contributed by atoms with van der Waals surface area (Å²) in [5, 5.41) is 0. The minimum Gasteiger partial charge on any atom is -0.294 e. The van der Waals surface area contributed by atoms with Crippen molar-refractivity contribution in [3.63, 3.8) is 0 Å². The number of hydrogen-bond donors (Lipinski definition) is 0. The predicted molar refractivity (Wildman–Crippen MR) is 64.7 cm³/mol. The van der Waals surface area contributed by atoms with Crippen LogP contribution in [0.1, 0.15) is 47.0 Å². The zero-order valence-electron chi connectivity index (χ0n) is 10.3. The van der Waals surface area contributed by atoms with Gasteiger partial charge in [-0.1, -0.05) is 38.5 Å². The van der Waals surface area contributed by atoms with E-state index in [9.17, 15) is 4.79 Å². The van der Waals surface area contributed by atoms with E-state index in [0.717, 1.165) is 19.3 Å². The Hall–Kier alpha value is -0.850. The van der Waals surface area contributed by atoms with Crippen LogP contribution >= 0.6 is 0 Å². The van der Waals surface area contributed by atoms with Crippen molar-refractivity contribution in [2.75, 3.05) is 0 Å². The van der Waals surface area contributed by atoms with Crippen molar-refractivity contribution in [2.45, 2.75) is 47.0 Å². The van der Waals surface area contributed by atoms with Gasteiger partial charge in [-0.05, 0) is 37.7 Å². The van der Waals surface area contributed by atoms with Crippen LogP contribution in [0.25, 0.3) is 0 Å². The highest BCUT2D eigenvalue weighted by Crippen LogP contribution is 2.41. The van der Waals surface area contributed by atoms with E-state index in [1.54, 1.807) is 6.08 Å². The maximum absolute atomic E-state index is 12.1. The fraction of sp³-hybridized carbons (Fsp3) is 0.643. The lowest BCUT2D eigenvalue weighted by molar-refractivity contribution is -0.120. The Labute approximate surface area is 93.3 Å². The summed E-state index contributed by atoms with van der Waals surface area (Å²) in [6, 6.07) is 0. The van der Waals surface area contributed by atoms with E-state index in [-0.39, 0.29) is 17.1 Å². The molecule has 15 heavy (non-hydrogen) atoms. The smallest absolute Gasteiger partial charge is 0.162 e. The molecular weight excluding hydrogens is 184 g/mol. The molecule has 0 fully saturated rings. The molecule has 1 atom stereocenters. The summed E-state index contributed by atoms with van der Waals surface area (Å²) in [5.74, 6) is 0.365. The van der Waals surface area contributed by atoms with Crippen molar-refractivity contribution in [1.82, 2.24) is 0 Å². The van der Waals surface area contributed by atoms with Gasteiger partial charge in [0.2, 0.25) is 0 Å². The molecule has 0 bridgehead atoms. The molecule has 0 aromatic heterocycles. The Kier molecular flexibility index (Phi) is 3.90. The Morgan fingerprint density at radius 3 is 2.80 bits per heavy atom. The summed E-state index contributed by atoms with van der Waals surface area (Å²) in [4.78, 5) is 12.1. The predicted octanol–water partition coefficient (Wildman–Crippen LogP) is 3.90. The molecule has 0 aliphatic heterocycles. The molecule has 1 nitrogen and oxygen atoms in total. The Bertz CT molecular complexity index is 294. The van der Waals surface area contributed by atoms with Gasteiger partial charge in [-0.3, -0.25) is 4.79 Å². The van der Waals surface area contributed by atoms with Gasteiger partial charge in [-0.15, -0.1) is 0 Å². The zero-order valence-corrected chi connectivity index (χ0v) is 10.3. The van der Waals surface area contributed by atoms with Gasteiger partial charge in [-0.2, -0.15) is 0 Å². The fourth-order valence-corrected chi connectivity index (χ4v) is 2.49. The minimum atomic E-state index is 0.0917. The van der Waals surface area contributed by atoms with Gasteiger partial charge in [0.25, 0.3) is 0 Å². The SMILES string of the molecule is CCC=CC(=O)C1C(C)=CCCC1(C)C. The number of rotatable bonds is 3. The molecule has 1 aliphatic rings. The molecule has 84 valence electrons. The van der Waals surface area contributed by atoms with Crippen LogP contribution in [0.2, 0.25) is 0 Å². The van der Waals surface area contributed by atoms with Crippen LogP contribution < -0.4 is 0 Å². The van der Waals surface area contributed by atoms with Crippen LogP contribution in [0.15, 0.2) is 23.8 Å². The molecule has 0 N–H and O–H groups in total. The van der Waals surface area contributed by atoms with E-state index < -0.39 is 0 Å². The zero-order chi connectivity index (χ0) is 11.5. The first-order valence-corrected chi connectivity index (χ1v) is 5.86. The van der Waals surface area contributed by atoms with Crippen molar-refractivity contribution < 1.29 is 4.79 Å². The molecular formula is C14H22O. The summed E-state index contributed by atoms with van der Waals surface area (Å²) < 4.78 is 0. The Morgan fingerprint density at radius 1 is 1.60 bits per heavy atom. The van der Waals surface area contributed by atoms with E-state index in [4.69, 9.17) is 0 Å². The number of ketones is 1. The average molecular weight is 206 g/mol. The highest BCUT2D eigenvalue weighted by atomic mass is 16.1. The molecule has 0 radical (unpaired) electrons. The second-order valence-electron chi connectivity index (χ2n) is 5.12. The maximum atomic E-state index is 12.1. The number of hydrogen-bond acceptors (Lipinski definition) is 1. The minimum absolute atomic E-state index is 0.0917. The molecule has 0 spiro atoms. The van der Waals surface area contributed by atoms with Gasteiger partial charge in [-0.25, -0.2) is 0 Å². The van der Waals surface area contributed by atoms with Crippen molar-refractivity contribution in [3.8, 4) is 0 Å². The molecule has 1 heteroatoms. The second-order valence-corrected chi connectivity index (χ2v) is 5.12. The van der Waals surface area contributed by atoms with Gasteiger partial charge in [0.15, 0.2) is 5.78 Å². The van der Waals surface area contributed by atoms with Gasteiger partial charge in [0, 0.05) is 5.92 Å². The van der Waals surface area contributed by atoms with E-state index in [1.807, 2.05) is 6.08 Å². The van der Waals surface area contributed by atoms with Crippen LogP contribution in [0.4, 0.5) is 0 Å². The van der Waals surface area contributed by atoms with E-state index in [2.05, 4.69) is 33.8 Å². The largest absolute Gasteiger partial charge is 0.294 e. The third kappa shape index (κ3) is 2.80. The number of allylic oxidation sites excluding steroid dienone is 4. The summed E-state index contributed by atoms with van der Waals surface area (Å²) in [6.45, 7) is 8.54. The normalized spacial score (nSPS) is 25.3. The Balaban J connectivity index is 2.89. The van der Waals surface area contributed by atoms with Crippen LogP contribution in [0.5, 0.6) is 0 Å². The van der Waals surface area contributed by atoms with Gasteiger partial charge < -0.3 is 0 Å². The van der Waals surface area contributed by atoms with Crippen molar-refractivity contribution in [3.05, 3.63) is 23.8 Å². The highest BCUT2D eigenvalue weighted by Gasteiger charge is 2.36. The number of carbonyl (C=O) groups excluding carboxylic acids is 1. The highest BCUT2D eigenvalue weighted by molar-refractivity contribution is 5.94. The quantitative estimate of drug-likeness (QED) is 0.505. The first kappa shape index (κ1) is 12.2. The summed E-state index contributed by atoms with van der Waals surface area (Å²) in [5.41, 5.74) is 1.37. The van der Waals surface area contributed by atoms with Crippen molar-refractivity contribution in [1.29, 1.82) is 0 Å². The standard InChI is InChI=1S/C14H22O/c1-5-6-9-12(15)13-11(2)8-7-10-14(13,3)4/h6,8-9,13H,5,7,10H2,1-4H3. The van der Waals surface area contributed by atoms with E-state index in [0.29, 0.717) is 0 Å². The fourth-order valence-electron chi connectivity index (χ4n) is 2.49. The summed E-state index contributed by atoms with van der Waals surface area (Å²) >= 11 is 0. The van der Waals surface area contributed by atoms with Crippen LogP contribution in [-0.2, 0) is 4.79 Å². The third-order valence-corrected chi connectivity index (χ3v) is 3.29. The molecule has 0 aromatic rings. The molecule has 0 amide bonds. The first-order chi connectivity index (χ1) is 6.99. The molecule has 1 unspecified atom stereocenters. The molecule has 1 rings (SSSR count). The van der Waals surface area contributed by atoms with Crippen LogP contribution in [0.3, 0.4) is 0 Å². The second kappa shape index (κ2) is 4.78. The summed E-state index contributed by atoms with van der Waals surface area (Å²) in [6.07, 6.45) is 9.09. The Morgan fingerprint density at radius 2 is 2.27 bits per heavy atom. The van der Waals surface area contributed by atoms with Gasteiger partial charge >= 0.3 is 0 Å². The lowest BCUT2D eigenvalue weighted by Crippen LogP contribution is -2.33. The van der Waals surface area contributed by atoms with E-state index in [1.165, 1.54) is 5.57 Å². The van der Waals surface area contributed by atoms with Gasteiger partial charge in [0.1, 0.15) is 0 Å².